The van der Waals surface area contributed by atoms with Gasteiger partial charge in [0.1, 0.15) is 35.2 Å². The summed E-state index contributed by atoms with van der Waals surface area (Å²) in [5.41, 5.74) is 5.30. The van der Waals surface area contributed by atoms with Crippen LogP contribution in [0.1, 0.15) is 45.3 Å². The van der Waals surface area contributed by atoms with Crippen molar-refractivity contribution in [3.05, 3.63) is 48.3 Å². The zero-order valence-electron chi connectivity index (χ0n) is 21.1. The van der Waals surface area contributed by atoms with E-state index in [2.05, 4.69) is 15.3 Å². The van der Waals surface area contributed by atoms with Gasteiger partial charge in [0.25, 0.3) is 0 Å². The lowest BCUT2D eigenvalue weighted by Gasteiger charge is -2.32. The van der Waals surface area contributed by atoms with Crippen molar-refractivity contribution in [1.29, 1.82) is 0 Å². The number of nitrogens with one attached hydrogen (secondary N) is 1. The molecule has 3 aliphatic rings. The number of benzene rings is 1. The second kappa shape index (κ2) is 9.42. The number of nitrogens with zero attached hydrogens (tertiary/aromatic N) is 4. The molecule has 10 heteroatoms. The number of carbonyl (C=O) groups excluding carboxylic acids is 1. The molecule has 37 heavy (non-hydrogen) atoms. The molecule has 2 atom stereocenters. The molecule has 1 aromatic carbocycles. The highest BCUT2D eigenvalue weighted by molar-refractivity contribution is 7.93. The Kier molecular flexibility index (Phi) is 6.08. The molecule has 9 nitrogen and oxygen atoms in total. The maximum atomic E-state index is 12.8. The lowest BCUT2D eigenvalue weighted by atomic mass is 9.94. The number of rotatable bonds is 5. The quantitative estimate of drug-likeness (QED) is 0.482. The average Bonchev–Trinajstić information content (AvgIpc) is 3.33. The van der Waals surface area contributed by atoms with Gasteiger partial charge in [-0.15, -0.1) is 0 Å². The van der Waals surface area contributed by atoms with Crippen molar-refractivity contribution in [2.24, 2.45) is 0 Å². The highest BCUT2D eigenvalue weighted by Gasteiger charge is 2.31. The smallest absolute Gasteiger partial charge is 0.242 e. The van der Waals surface area contributed by atoms with Crippen LogP contribution in [0, 0.1) is 0 Å². The van der Waals surface area contributed by atoms with E-state index in [1.54, 1.807) is 6.20 Å². The number of fused-ring (bicyclic) bond motifs is 4. The Bertz CT molecular complexity index is 1370. The van der Waals surface area contributed by atoms with E-state index in [0.29, 0.717) is 37.0 Å². The molecule has 3 aromatic rings. The average molecular weight is 520 g/mol. The molecule has 1 saturated heterocycles. The Morgan fingerprint density at radius 1 is 1.14 bits per heavy atom. The van der Waals surface area contributed by atoms with Crippen molar-refractivity contribution < 1.29 is 18.8 Å². The van der Waals surface area contributed by atoms with Crippen LogP contribution in [0.3, 0.4) is 0 Å². The maximum absolute atomic E-state index is 12.8. The molecular weight excluding hydrogens is 490 g/mol. The molecule has 5 heterocycles. The first kappa shape index (κ1) is 23.9. The molecule has 192 valence electrons. The Labute approximate surface area is 219 Å². The fourth-order valence-corrected chi connectivity index (χ4v) is 6.10. The largest absolute Gasteiger partial charge is 0.593 e. The summed E-state index contributed by atoms with van der Waals surface area (Å²) < 4.78 is 26.6. The van der Waals surface area contributed by atoms with Gasteiger partial charge in [0.05, 0.1) is 29.8 Å². The van der Waals surface area contributed by atoms with E-state index in [9.17, 15) is 9.35 Å². The van der Waals surface area contributed by atoms with Crippen molar-refractivity contribution in [2.75, 3.05) is 34.2 Å². The number of carbonyl (C=O) groups is 1. The summed E-state index contributed by atoms with van der Waals surface area (Å²) in [7, 11) is 0. The number of amides is 1. The maximum Gasteiger partial charge on any atom is 0.242 e. The van der Waals surface area contributed by atoms with Crippen LogP contribution in [0.5, 0.6) is 11.6 Å². The standard InChI is InChI=1S/C27H29N5O4S/c1-16(2)37(34)32-9-10-35-27-23(32)11-18(14-29-27)30-25-13-21-17(3)36-24-12-19(31-8-4-5-26(31)33)6-7-20(24)22(21)15-28-25/h6-7,11-17H,4-5,8-10H2,1-3H3,(H,28,30). The Balaban J connectivity index is 1.28. The summed E-state index contributed by atoms with van der Waals surface area (Å²) in [5.74, 6) is 2.06. The predicted octanol–water partition coefficient (Wildman–Crippen LogP) is 4.74. The van der Waals surface area contributed by atoms with Crippen LogP contribution in [0.2, 0.25) is 0 Å². The summed E-state index contributed by atoms with van der Waals surface area (Å²) in [5, 5.41) is 3.32. The highest BCUT2D eigenvalue weighted by atomic mass is 32.2. The van der Waals surface area contributed by atoms with Gasteiger partial charge in [-0.2, -0.15) is 4.31 Å². The van der Waals surface area contributed by atoms with Crippen LogP contribution in [0.4, 0.5) is 22.9 Å². The second-order valence-corrected chi connectivity index (χ2v) is 11.6. The molecule has 0 aliphatic carbocycles. The van der Waals surface area contributed by atoms with Crippen LogP contribution in [0.25, 0.3) is 11.1 Å². The third-order valence-corrected chi connectivity index (χ3v) is 8.47. The van der Waals surface area contributed by atoms with Crippen molar-refractivity contribution in [3.8, 4) is 22.8 Å². The van der Waals surface area contributed by atoms with Gasteiger partial charge in [-0.1, -0.05) is 0 Å². The molecule has 6 rings (SSSR count). The molecule has 0 bridgehead atoms. The lowest BCUT2D eigenvalue weighted by Crippen LogP contribution is -2.41. The first-order valence-electron chi connectivity index (χ1n) is 12.6. The number of hydrogen-bond donors (Lipinski definition) is 1. The van der Waals surface area contributed by atoms with Crippen LogP contribution in [-0.2, 0) is 16.2 Å². The van der Waals surface area contributed by atoms with E-state index in [1.807, 2.05) is 66.5 Å². The molecule has 1 fully saturated rings. The van der Waals surface area contributed by atoms with E-state index in [1.165, 1.54) is 0 Å². The lowest BCUT2D eigenvalue weighted by molar-refractivity contribution is -0.117. The summed E-state index contributed by atoms with van der Waals surface area (Å²) in [6.07, 6.45) is 4.84. The number of pyridine rings is 2. The zero-order valence-corrected chi connectivity index (χ0v) is 21.9. The number of hydrogen-bond acceptors (Lipinski definition) is 8. The molecule has 0 spiro atoms. The molecule has 1 N–H and O–H groups in total. The third kappa shape index (κ3) is 4.34. The van der Waals surface area contributed by atoms with E-state index >= 15 is 0 Å². The normalized spacial score (nSPS) is 19.1. The van der Waals surface area contributed by atoms with Gasteiger partial charge in [-0.05, 0) is 51.5 Å². The van der Waals surface area contributed by atoms with Crippen molar-refractivity contribution in [2.45, 2.75) is 45.0 Å². The first-order chi connectivity index (χ1) is 17.9. The van der Waals surface area contributed by atoms with Crippen molar-refractivity contribution in [1.82, 2.24) is 9.97 Å². The minimum Gasteiger partial charge on any atom is -0.593 e. The highest BCUT2D eigenvalue weighted by Crippen LogP contribution is 2.45. The summed E-state index contributed by atoms with van der Waals surface area (Å²) >= 11 is -1.18. The van der Waals surface area contributed by atoms with Gasteiger partial charge in [-0.3, -0.25) is 4.79 Å². The minimum atomic E-state index is -1.18. The van der Waals surface area contributed by atoms with Crippen LogP contribution >= 0.6 is 0 Å². The van der Waals surface area contributed by atoms with Gasteiger partial charge in [0.15, 0.2) is 0 Å². The van der Waals surface area contributed by atoms with Gasteiger partial charge >= 0.3 is 0 Å². The Hall–Kier alpha value is -3.50. The van der Waals surface area contributed by atoms with Gasteiger partial charge in [0.2, 0.25) is 11.8 Å². The van der Waals surface area contributed by atoms with E-state index in [4.69, 9.17) is 9.47 Å². The Morgan fingerprint density at radius 3 is 2.78 bits per heavy atom. The molecular formula is C27H29N5O4S. The van der Waals surface area contributed by atoms with Crippen LogP contribution < -0.4 is 24.0 Å². The van der Waals surface area contributed by atoms with Crippen molar-refractivity contribution >= 4 is 40.1 Å². The topological polar surface area (TPSA) is 103 Å². The summed E-state index contributed by atoms with van der Waals surface area (Å²) in [6, 6.07) is 9.83. The van der Waals surface area contributed by atoms with Gasteiger partial charge in [-0.25, -0.2) is 9.97 Å². The molecule has 3 aliphatic heterocycles. The first-order valence-corrected chi connectivity index (χ1v) is 13.8. The number of aromatic nitrogens is 2. The van der Waals surface area contributed by atoms with Crippen LogP contribution in [-0.4, -0.2) is 45.4 Å². The Morgan fingerprint density at radius 2 is 2.00 bits per heavy atom. The molecule has 2 unspecified atom stereocenters. The number of anilines is 4. The fraction of sp³-hybridized carbons (Fsp3) is 0.370. The van der Waals surface area contributed by atoms with Gasteiger partial charge in [0, 0.05) is 47.6 Å². The summed E-state index contributed by atoms with van der Waals surface area (Å²) in [4.78, 5) is 23.1. The third-order valence-electron chi connectivity index (χ3n) is 6.85. The molecule has 0 radical (unpaired) electrons. The SMILES string of the molecule is CC1Oc2cc(N3CCCC3=O)ccc2-c2cnc(Nc3cnc4c(c3)N([S+]([O-])C(C)C)CCO4)cc21. The number of ether oxygens (including phenoxy) is 2. The predicted molar refractivity (Wildman–Crippen MR) is 144 cm³/mol. The second-order valence-electron chi connectivity index (χ2n) is 9.70. The molecule has 2 aromatic heterocycles. The van der Waals surface area contributed by atoms with E-state index in [-0.39, 0.29) is 17.3 Å². The van der Waals surface area contributed by atoms with Crippen LogP contribution in [0.15, 0.2) is 42.7 Å². The van der Waals surface area contributed by atoms with Crippen molar-refractivity contribution in [3.63, 3.8) is 0 Å². The van der Waals surface area contributed by atoms with E-state index < -0.39 is 11.4 Å². The molecule has 1 amide bonds. The fourth-order valence-electron chi connectivity index (χ4n) is 5.01. The van der Waals surface area contributed by atoms with Gasteiger partial charge < -0.3 is 24.2 Å². The monoisotopic (exact) mass is 519 g/mol. The zero-order chi connectivity index (χ0) is 25.7. The molecule has 0 saturated carbocycles. The van der Waals surface area contributed by atoms with E-state index in [0.717, 1.165) is 46.8 Å². The minimum absolute atomic E-state index is 0.0128. The summed E-state index contributed by atoms with van der Waals surface area (Å²) in [6.45, 7) is 7.62.